The number of piperidine rings is 1. The van der Waals surface area contributed by atoms with E-state index < -0.39 is 5.54 Å². The van der Waals surface area contributed by atoms with Crippen LogP contribution in [0.3, 0.4) is 0 Å². The van der Waals surface area contributed by atoms with Gasteiger partial charge < -0.3 is 4.90 Å². The van der Waals surface area contributed by atoms with Crippen molar-refractivity contribution in [2.24, 2.45) is 0 Å². The first kappa shape index (κ1) is 13.7. The summed E-state index contributed by atoms with van der Waals surface area (Å²) in [5.41, 5.74) is 0.0373. The lowest BCUT2D eigenvalue weighted by Gasteiger charge is -2.41. The molecular formula is C15H18FNO2. The van der Waals surface area contributed by atoms with Crippen LogP contribution in [-0.2, 0) is 16.0 Å². The van der Waals surface area contributed by atoms with Crippen molar-refractivity contribution >= 4 is 11.7 Å². The van der Waals surface area contributed by atoms with E-state index in [1.165, 1.54) is 12.1 Å². The van der Waals surface area contributed by atoms with E-state index in [0.717, 1.165) is 12.0 Å². The maximum atomic E-state index is 12.8. The highest BCUT2D eigenvalue weighted by molar-refractivity contribution is 5.93. The zero-order valence-corrected chi connectivity index (χ0v) is 11.3. The number of carbonyl (C=O) groups is 2. The van der Waals surface area contributed by atoms with Gasteiger partial charge in [-0.1, -0.05) is 12.1 Å². The zero-order chi connectivity index (χ0) is 14.0. The first-order chi connectivity index (χ1) is 8.91. The van der Waals surface area contributed by atoms with Crippen molar-refractivity contribution in [1.29, 1.82) is 0 Å². The lowest BCUT2D eigenvalue weighted by atomic mass is 9.88. The summed E-state index contributed by atoms with van der Waals surface area (Å²) < 4.78 is 12.8. The molecule has 1 aromatic carbocycles. The first-order valence-corrected chi connectivity index (χ1v) is 6.49. The van der Waals surface area contributed by atoms with E-state index in [-0.39, 0.29) is 23.9 Å². The van der Waals surface area contributed by atoms with Crippen molar-refractivity contribution in [3.8, 4) is 0 Å². The Bertz CT molecular complexity index is 493. The average molecular weight is 263 g/mol. The quantitative estimate of drug-likeness (QED) is 0.821. The summed E-state index contributed by atoms with van der Waals surface area (Å²) in [5.74, 6) is -0.291. The minimum atomic E-state index is -0.727. The maximum Gasteiger partial charge on any atom is 0.227 e. The highest BCUT2D eigenvalue weighted by atomic mass is 19.1. The fourth-order valence-electron chi connectivity index (χ4n) is 2.44. The summed E-state index contributed by atoms with van der Waals surface area (Å²) in [7, 11) is 0. The number of amides is 1. The monoisotopic (exact) mass is 263 g/mol. The number of halogens is 1. The number of benzene rings is 1. The molecule has 2 rings (SSSR count). The Morgan fingerprint density at radius 1 is 1.32 bits per heavy atom. The molecule has 102 valence electrons. The van der Waals surface area contributed by atoms with Gasteiger partial charge in [-0.15, -0.1) is 0 Å². The molecular weight excluding hydrogens is 245 g/mol. The SMILES string of the molecule is CC1(C)C(=O)CCCN1C(=O)Cc1ccc(F)cc1. The second-order valence-corrected chi connectivity index (χ2v) is 5.43. The number of nitrogens with zero attached hydrogens (tertiary/aromatic N) is 1. The van der Waals surface area contributed by atoms with Crippen LogP contribution >= 0.6 is 0 Å². The predicted molar refractivity (Wildman–Crippen MR) is 70.1 cm³/mol. The van der Waals surface area contributed by atoms with Crippen molar-refractivity contribution in [1.82, 2.24) is 4.90 Å². The van der Waals surface area contributed by atoms with Crippen LogP contribution in [0.4, 0.5) is 4.39 Å². The normalized spacial score (nSPS) is 18.5. The Morgan fingerprint density at radius 2 is 1.95 bits per heavy atom. The van der Waals surface area contributed by atoms with Gasteiger partial charge in [0.2, 0.25) is 5.91 Å². The van der Waals surface area contributed by atoms with E-state index in [1.54, 1.807) is 30.9 Å². The molecule has 4 heteroatoms. The standard InChI is InChI=1S/C15H18FNO2/c1-15(2)13(18)4-3-9-17(15)14(19)10-11-5-7-12(16)8-6-11/h5-8H,3-4,9-10H2,1-2H3. The smallest absolute Gasteiger partial charge is 0.227 e. The molecule has 0 spiro atoms. The van der Waals surface area contributed by atoms with Gasteiger partial charge in [0.25, 0.3) is 0 Å². The number of hydrogen-bond donors (Lipinski definition) is 0. The zero-order valence-electron chi connectivity index (χ0n) is 11.3. The van der Waals surface area contributed by atoms with Crippen molar-refractivity contribution < 1.29 is 14.0 Å². The van der Waals surface area contributed by atoms with Crippen LogP contribution in [0.2, 0.25) is 0 Å². The number of likely N-dealkylation sites (tertiary alicyclic amines) is 1. The van der Waals surface area contributed by atoms with E-state index >= 15 is 0 Å². The Balaban J connectivity index is 2.11. The topological polar surface area (TPSA) is 37.4 Å². The average Bonchev–Trinajstić information content (AvgIpc) is 2.35. The molecule has 0 unspecified atom stereocenters. The largest absolute Gasteiger partial charge is 0.330 e. The second kappa shape index (κ2) is 5.11. The molecule has 1 aliphatic rings. The fraction of sp³-hybridized carbons (Fsp3) is 0.467. The highest BCUT2D eigenvalue weighted by Crippen LogP contribution is 2.25. The minimum Gasteiger partial charge on any atom is -0.330 e. The van der Waals surface area contributed by atoms with Gasteiger partial charge in [0, 0.05) is 13.0 Å². The molecule has 0 aromatic heterocycles. The summed E-state index contributed by atoms with van der Waals surface area (Å²) in [6, 6.07) is 5.89. The molecule has 1 aliphatic heterocycles. The molecule has 19 heavy (non-hydrogen) atoms. The summed E-state index contributed by atoms with van der Waals surface area (Å²) >= 11 is 0. The lowest BCUT2D eigenvalue weighted by molar-refractivity contribution is -0.147. The molecule has 0 aliphatic carbocycles. The first-order valence-electron chi connectivity index (χ1n) is 6.49. The van der Waals surface area contributed by atoms with Gasteiger partial charge in [0.05, 0.1) is 12.0 Å². The van der Waals surface area contributed by atoms with Crippen molar-refractivity contribution in [2.75, 3.05) is 6.54 Å². The lowest BCUT2D eigenvalue weighted by Crippen LogP contribution is -2.56. The van der Waals surface area contributed by atoms with Crippen molar-refractivity contribution in [3.05, 3.63) is 35.6 Å². The van der Waals surface area contributed by atoms with Gasteiger partial charge in [-0.05, 0) is 38.0 Å². The third-order valence-electron chi connectivity index (χ3n) is 3.71. The summed E-state index contributed by atoms with van der Waals surface area (Å²) in [6.45, 7) is 4.19. The highest BCUT2D eigenvalue weighted by Gasteiger charge is 2.39. The van der Waals surface area contributed by atoms with Gasteiger partial charge in [-0.2, -0.15) is 0 Å². The van der Waals surface area contributed by atoms with Gasteiger partial charge in [0.1, 0.15) is 5.82 Å². The van der Waals surface area contributed by atoms with E-state index in [0.29, 0.717) is 13.0 Å². The van der Waals surface area contributed by atoms with E-state index in [4.69, 9.17) is 0 Å². The van der Waals surface area contributed by atoms with Crippen LogP contribution in [-0.4, -0.2) is 28.7 Å². The van der Waals surface area contributed by atoms with Gasteiger partial charge in [-0.25, -0.2) is 4.39 Å². The van der Waals surface area contributed by atoms with Crippen molar-refractivity contribution in [3.63, 3.8) is 0 Å². The number of Topliss-reactive ketones (excluding diaryl/α,β-unsaturated/α-hetero) is 1. The summed E-state index contributed by atoms with van der Waals surface area (Å²) in [4.78, 5) is 25.8. The van der Waals surface area contributed by atoms with E-state index in [1.807, 2.05) is 0 Å². The molecule has 0 bridgehead atoms. The minimum absolute atomic E-state index is 0.0790. The van der Waals surface area contributed by atoms with Crippen LogP contribution in [0.1, 0.15) is 32.3 Å². The number of rotatable bonds is 2. The molecule has 1 amide bonds. The Kier molecular flexibility index (Phi) is 3.69. The number of hydrogen-bond acceptors (Lipinski definition) is 2. The summed E-state index contributed by atoms with van der Waals surface area (Å²) in [5, 5.41) is 0. The third-order valence-corrected chi connectivity index (χ3v) is 3.71. The van der Waals surface area contributed by atoms with Gasteiger partial charge in [0.15, 0.2) is 5.78 Å². The maximum absolute atomic E-state index is 12.8. The third kappa shape index (κ3) is 2.83. The van der Waals surface area contributed by atoms with Crippen LogP contribution < -0.4 is 0 Å². The molecule has 0 radical (unpaired) electrons. The molecule has 0 N–H and O–H groups in total. The van der Waals surface area contributed by atoms with Gasteiger partial charge in [-0.3, -0.25) is 9.59 Å². The van der Waals surface area contributed by atoms with Crippen LogP contribution in [0.15, 0.2) is 24.3 Å². The van der Waals surface area contributed by atoms with Crippen LogP contribution in [0.25, 0.3) is 0 Å². The molecule has 0 saturated carbocycles. The number of carbonyl (C=O) groups excluding carboxylic acids is 2. The van der Waals surface area contributed by atoms with E-state index in [9.17, 15) is 14.0 Å². The molecule has 1 fully saturated rings. The molecule has 3 nitrogen and oxygen atoms in total. The Hall–Kier alpha value is -1.71. The number of ketones is 1. The molecule has 0 atom stereocenters. The molecule has 1 saturated heterocycles. The van der Waals surface area contributed by atoms with Crippen molar-refractivity contribution in [2.45, 2.75) is 38.6 Å². The Labute approximate surface area is 112 Å². The van der Waals surface area contributed by atoms with Crippen LogP contribution in [0, 0.1) is 5.82 Å². The van der Waals surface area contributed by atoms with Gasteiger partial charge >= 0.3 is 0 Å². The second-order valence-electron chi connectivity index (χ2n) is 5.43. The predicted octanol–water partition coefficient (Wildman–Crippen LogP) is 2.34. The molecule has 1 aromatic rings. The summed E-state index contributed by atoms with van der Waals surface area (Å²) in [6.07, 6.45) is 1.46. The van der Waals surface area contributed by atoms with Crippen LogP contribution in [0.5, 0.6) is 0 Å². The van der Waals surface area contributed by atoms with E-state index in [2.05, 4.69) is 0 Å². The Morgan fingerprint density at radius 3 is 2.58 bits per heavy atom. The fourth-order valence-corrected chi connectivity index (χ4v) is 2.44. The molecule has 1 heterocycles.